The Bertz CT molecular complexity index is 512. The minimum absolute atomic E-state index is 0.211. The third kappa shape index (κ3) is 3.03. The zero-order chi connectivity index (χ0) is 12.8. The van der Waals surface area contributed by atoms with Gasteiger partial charge in [-0.3, -0.25) is 9.78 Å². The van der Waals surface area contributed by atoms with Crippen LogP contribution in [0, 0.1) is 0 Å². The fraction of sp³-hybridized carbons (Fsp3) is 0.273. The molecule has 2 heterocycles. The molecule has 2 N–H and O–H groups in total. The maximum atomic E-state index is 11.4. The normalized spacial score (nSPS) is 10.1. The molecule has 0 aliphatic carbocycles. The third-order valence-corrected chi connectivity index (χ3v) is 2.30. The Morgan fingerprint density at radius 2 is 2.33 bits per heavy atom. The molecule has 0 radical (unpaired) electrons. The Balaban J connectivity index is 1.91. The van der Waals surface area contributed by atoms with Gasteiger partial charge in [0.2, 0.25) is 6.39 Å². The highest BCUT2D eigenvalue weighted by atomic mass is 16.5. The van der Waals surface area contributed by atoms with E-state index in [1.165, 1.54) is 6.39 Å². The first-order valence-electron chi connectivity index (χ1n) is 5.47. The van der Waals surface area contributed by atoms with E-state index >= 15 is 0 Å². The van der Waals surface area contributed by atoms with Crippen molar-refractivity contribution in [3.8, 4) is 0 Å². The van der Waals surface area contributed by atoms with Crippen molar-refractivity contribution in [1.82, 2.24) is 20.4 Å². The van der Waals surface area contributed by atoms with Gasteiger partial charge in [0.05, 0.1) is 0 Å². The number of rotatable bonds is 5. The standard InChI is InChI=1S/C11H13N5O2/c1-12-11(17)9-6-8(2-4-14-9)13-5-3-10-15-7-18-16-10/h2,4,6-7H,3,5H2,1H3,(H,12,17)(H,13,14). The van der Waals surface area contributed by atoms with E-state index in [4.69, 9.17) is 0 Å². The van der Waals surface area contributed by atoms with Gasteiger partial charge in [-0.05, 0) is 12.1 Å². The Labute approximate surface area is 104 Å². The predicted molar refractivity (Wildman–Crippen MR) is 64.1 cm³/mol. The molecule has 0 aliphatic rings. The molecule has 0 saturated heterocycles. The summed E-state index contributed by atoms with van der Waals surface area (Å²) in [6.07, 6.45) is 3.53. The van der Waals surface area contributed by atoms with Crippen molar-refractivity contribution in [3.63, 3.8) is 0 Å². The lowest BCUT2D eigenvalue weighted by molar-refractivity contribution is 0.0958. The van der Waals surface area contributed by atoms with Crippen molar-refractivity contribution >= 4 is 11.6 Å². The minimum Gasteiger partial charge on any atom is -0.384 e. The van der Waals surface area contributed by atoms with Crippen molar-refractivity contribution in [2.24, 2.45) is 0 Å². The van der Waals surface area contributed by atoms with Crippen molar-refractivity contribution in [3.05, 3.63) is 36.2 Å². The van der Waals surface area contributed by atoms with Crippen LogP contribution in [0.2, 0.25) is 0 Å². The van der Waals surface area contributed by atoms with Gasteiger partial charge in [0.15, 0.2) is 5.82 Å². The van der Waals surface area contributed by atoms with E-state index in [1.807, 2.05) is 0 Å². The fourth-order valence-electron chi connectivity index (χ4n) is 1.41. The van der Waals surface area contributed by atoms with Crippen LogP contribution >= 0.6 is 0 Å². The summed E-state index contributed by atoms with van der Waals surface area (Å²) in [4.78, 5) is 19.3. The number of hydrogen-bond donors (Lipinski definition) is 2. The number of amides is 1. The van der Waals surface area contributed by atoms with Crippen LogP contribution in [-0.4, -0.2) is 34.6 Å². The van der Waals surface area contributed by atoms with Crippen LogP contribution in [-0.2, 0) is 6.42 Å². The summed E-state index contributed by atoms with van der Waals surface area (Å²) in [5, 5.41) is 9.39. The van der Waals surface area contributed by atoms with E-state index in [0.717, 1.165) is 5.69 Å². The van der Waals surface area contributed by atoms with Crippen LogP contribution in [0.4, 0.5) is 5.69 Å². The van der Waals surface area contributed by atoms with E-state index < -0.39 is 0 Å². The molecular formula is C11H13N5O2. The number of carbonyl (C=O) groups is 1. The summed E-state index contributed by atoms with van der Waals surface area (Å²) in [5.41, 5.74) is 1.20. The molecule has 0 fully saturated rings. The number of nitrogens with one attached hydrogen (secondary N) is 2. The highest BCUT2D eigenvalue weighted by Crippen LogP contribution is 2.07. The molecule has 2 aromatic heterocycles. The van der Waals surface area contributed by atoms with Crippen LogP contribution in [0.25, 0.3) is 0 Å². The number of pyridine rings is 1. The second kappa shape index (κ2) is 5.76. The lowest BCUT2D eigenvalue weighted by Gasteiger charge is -2.06. The number of hydrogen-bond acceptors (Lipinski definition) is 6. The smallest absolute Gasteiger partial charge is 0.269 e. The van der Waals surface area contributed by atoms with Gasteiger partial charge in [0.1, 0.15) is 5.69 Å². The van der Waals surface area contributed by atoms with Gasteiger partial charge in [0.25, 0.3) is 5.91 Å². The first-order chi connectivity index (χ1) is 8.79. The largest absolute Gasteiger partial charge is 0.384 e. The first kappa shape index (κ1) is 12.0. The van der Waals surface area contributed by atoms with E-state index in [9.17, 15) is 4.79 Å². The van der Waals surface area contributed by atoms with Crippen LogP contribution in [0.1, 0.15) is 16.3 Å². The quantitative estimate of drug-likeness (QED) is 0.798. The monoisotopic (exact) mass is 247 g/mol. The topological polar surface area (TPSA) is 92.9 Å². The Morgan fingerprint density at radius 3 is 3.06 bits per heavy atom. The van der Waals surface area contributed by atoms with Gasteiger partial charge in [0, 0.05) is 31.9 Å². The Kier molecular flexibility index (Phi) is 3.85. The summed E-state index contributed by atoms with van der Waals surface area (Å²) < 4.78 is 4.63. The molecule has 0 aromatic carbocycles. The summed E-state index contributed by atoms with van der Waals surface area (Å²) in [6, 6.07) is 3.48. The van der Waals surface area contributed by atoms with Gasteiger partial charge in [-0.2, -0.15) is 4.98 Å². The summed E-state index contributed by atoms with van der Waals surface area (Å²) >= 11 is 0. The second-order valence-corrected chi connectivity index (χ2v) is 3.53. The predicted octanol–water partition coefficient (Wildman–Crippen LogP) is 0.479. The van der Waals surface area contributed by atoms with Gasteiger partial charge >= 0.3 is 0 Å². The summed E-state index contributed by atoms with van der Waals surface area (Å²) in [6.45, 7) is 0.650. The van der Waals surface area contributed by atoms with Crippen molar-refractivity contribution in [1.29, 1.82) is 0 Å². The van der Waals surface area contributed by atoms with Gasteiger partial charge in [-0.1, -0.05) is 5.16 Å². The SMILES string of the molecule is CNC(=O)c1cc(NCCc2ncon2)ccn1. The molecule has 94 valence electrons. The van der Waals surface area contributed by atoms with Crippen molar-refractivity contribution in [2.45, 2.75) is 6.42 Å². The lowest BCUT2D eigenvalue weighted by atomic mass is 10.3. The molecular weight excluding hydrogens is 234 g/mol. The fourth-order valence-corrected chi connectivity index (χ4v) is 1.41. The third-order valence-electron chi connectivity index (χ3n) is 2.30. The molecule has 0 bridgehead atoms. The molecule has 0 aliphatic heterocycles. The number of carbonyl (C=O) groups excluding carboxylic acids is 1. The van der Waals surface area contributed by atoms with E-state index in [0.29, 0.717) is 24.5 Å². The van der Waals surface area contributed by atoms with Crippen LogP contribution in [0.15, 0.2) is 29.2 Å². The zero-order valence-corrected chi connectivity index (χ0v) is 9.88. The molecule has 7 nitrogen and oxygen atoms in total. The highest BCUT2D eigenvalue weighted by molar-refractivity contribution is 5.92. The van der Waals surface area contributed by atoms with E-state index in [2.05, 4.69) is 30.3 Å². The number of aromatic nitrogens is 3. The molecule has 7 heteroatoms. The van der Waals surface area contributed by atoms with Gasteiger partial charge in [-0.15, -0.1) is 0 Å². The Hall–Kier alpha value is -2.44. The van der Waals surface area contributed by atoms with Crippen molar-refractivity contribution < 1.29 is 9.32 Å². The van der Waals surface area contributed by atoms with Gasteiger partial charge in [-0.25, -0.2) is 0 Å². The average Bonchev–Trinajstić information content (AvgIpc) is 2.91. The molecule has 0 saturated carbocycles. The molecule has 2 rings (SSSR count). The number of anilines is 1. The first-order valence-corrected chi connectivity index (χ1v) is 5.47. The molecule has 18 heavy (non-hydrogen) atoms. The maximum absolute atomic E-state index is 11.4. The maximum Gasteiger partial charge on any atom is 0.269 e. The van der Waals surface area contributed by atoms with E-state index in [1.54, 1.807) is 25.4 Å². The second-order valence-electron chi connectivity index (χ2n) is 3.53. The molecule has 2 aromatic rings. The van der Waals surface area contributed by atoms with Crippen LogP contribution in [0.3, 0.4) is 0 Å². The minimum atomic E-state index is -0.211. The summed E-state index contributed by atoms with van der Waals surface area (Å²) in [7, 11) is 1.57. The van der Waals surface area contributed by atoms with Crippen molar-refractivity contribution in [2.75, 3.05) is 18.9 Å². The molecule has 1 amide bonds. The van der Waals surface area contributed by atoms with E-state index in [-0.39, 0.29) is 5.91 Å². The lowest BCUT2D eigenvalue weighted by Crippen LogP contribution is -2.19. The van der Waals surface area contributed by atoms with Gasteiger partial charge < -0.3 is 15.2 Å². The zero-order valence-electron chi connectivity index (χ0n) is 9.88. The van der Waals surface area contributed by atoms with Crippen LogP contribution in [0.5, 0.6) is 0 Å². The average molecular weight is 247 g/mol. The van der Waals surface area contributed by atoms with Crippen LogP contribution < -0.4 is 10.6 Å². The highest BCUT2D eigenvalue weighted by Gasteiger charge is 2.05. The number of nitrogens with zero attached hydrogens (tertiary/aromatic N) is 3. The molecule has 0 spiro atoms. The molecule has 0 unspecified atom stereocenters. The Morgan fingerprint density at radius 1 is 1.44 bits per heavy atom. The molecule has 0 atom stereocenters. The summed E-state index contributed by atoms with van der Waals surface area (Å²) in [5.74, 6) is 0.430.